The van der Waals surface area contributed by atoms with E-state index in [1.807, 2.05) is 0 Å². The Morgan fingerprint density at radius 1 is 1.32 bits per heavy atom. The number of nitrogens with zero attached hydrogens (tertiary/aromatic N) is 1. The smallest absolute Gasteiger partial charge is 0.365 e. The van der Waals surface area contributed by atoms with Crippen LogP contribution in [-0.4, -0.2) is 16.8 Å². The third-order valence-electron chi connectivity index (χ3n) is 4.33. The zero-order chi connectivity index (χ0) is 18.8. The lowest BCUT2D eigenvalue weighted by Gasteiger charge is -2.21. The van der Waals surface area contributed by atoms with E-state index >= 15 is 0 Å². The monoisotopic (exact) mass is 377 g/mol. The molecule has 1 aliphatic rings. The maximum atomic E-state index is 13.1. The molecule has 0 aliphatic heterocycles. The largest absolute Gasteiger partial charge is 0.435 e. The van der Waals surface area contributed by atoms with Crippen molar-refractivity contribution in [2.24, 2.45) is 17.6 Å². The van der Waals surface area contributed by atoms with Gasteiger partial charge in [0.2, 0.25) is 5.91 Å². The molecule has 1 aliphatic carbocycles. The highest BCUT2D eigenvalue weighted by molar-refractivity contribution is 7.13. The molecular weight excluding hydrogens is 355 g/mol. The average molecular weight is 377 g/mol. The third-order valence-corrected chi connectivity index (χ3v) is 5.49. The summed E-state index contributed by atoms with van der Waals surface area (Å²) in [5.41, 5.74) is 3.77. The molecule has 1 fully saturated rings. The van der Waals surface area contributed by atoms with Gasteiger partial charge in [0.15, 0.2) is 5.69 Å². The Balaban J connectivity index is 2.21. The van der Waals surface area contributed by atoms with Gasteiger partial charge in [0.25, 0.3) is 5.91 Å². The highest BCUT2D eigenvalue weighted by atomic mass is 32.1. The first-order valence-electron chi connectivity index (χ1n) is 8.26. The lowest BCUT2D eigenvalue weighted by Crippen LogP contribution is -2.32. The van der Waals surface area contributed by atoms with E-state index in [1.54, 1.807) is 13.8 Å². The number of carbonyl (C=O) groups excluding carboxylic acids is 2. The van der Waals surface area contributed by atoms with E-state index < -0.39 is 28.7 Å². The van der Waals surface area contributed by atoms with E-state index in [9.17, 15) is 22.8 Å². The Bertz CT molecular complexity index is 637. The number of nitrogens with two attached hydrogens (primary N) is 1. The third kappa shape index (κ3) is 4.93. The zero-order valence-electron chi connectivity index (χ0n) is 14.2. The van der Waals surface area contributed by atoms with E-state index in [2.05, 4.69) is 10.3 Å². The summed E-state index contributed by atoms with van der Waals surface area (Å²) in [6, 6.07) is -0.687. The maximum Gasteiger partial charge on any atom is 0.435 e. The summed E-state index contributed by atoms with van der Waals surface area (Å²) >= 11 is 0.595. The summed E-state index contributed by atoms with van der Waals surface area (Å²) in [4.78, 5) is 26.6. The summed E-state index contributed by atoms with van der Waals surface area (Å²) < 4.78 is 39.2. The van der Waals surface area contributed by atoms with Crippen LogP contribution in [0.3, 0.4) is 0 Å². The number of thiazole rings is 1. The van der Waals surface area contributed by atoms with Crippen molar-refractivity contribution in [2.45, 2.75) is 58.2 Å². The fourth-order valence-electron chi connectivity index (χ4n) is 3.05. The number of carbonyl (C=O) groups is 2. The first-order valence-corrected chi connectivity index (χ1v) is 9.08. The second-order valence-corrected chi connectivity index (χ2v) is 7.77. The molecule has 1 saturated carbocycles. The Labute approximate surface area is 148 Å². The number of nitrogens with one attached hydrogen (secondary N) is 1. The van der Waals surface area contributed by atoms with Crippen molar-refractivity contribution in [3.05, 3.63) is 15.6 Å². The predicted molar refractivity (Wildman–Crippen MR) is 87.9 cm³/mol. The fraction of sp³-hybridized carbons (Fsp3) is 0.688. The molecule has 9 heteroatoms. The molecular formula is C16H22F3N3O2S. The van der Waals surface area contributed by atoms with Crippen LogP contribution >= 0.6 is 11.3 Å². The molecule has 140 valence electrons. The van der Waals surface area contributed by atoms with E-state index in [0.717, 1.165) is 25.7 Å². The molecule has 1 aromatic rings. The molecule has 5 nitrogen and oxygen atoms in total. The fourth-order valence-corrected chi connectivity index (χ4v) is 4.21. The van der Waals surface area contributed by atoms with Gasteiger partial charge in [-0.25, -0.2) is 4.98 Å². The second kappa shape index (κ2) is 7.72. The van der Waals surface area contributed by atoms with Crippen LogP contribution in [0, 0.1) is 11.8 Å². The first-order chi connectivity index (χ1) is 11.6. The van der Waals surface area contributed by atoms with E-state index in [1.165, 1.54) is 0 Å². The van der Waals surface area contributed by atoms with Gasteiger partial charge in [-0.2, -0.15) is 13.2 Å². The molecule has 2 rings (SSSR count). The van der Waals surface area contributed by atoms with Gasteiger partial charge >= 0.3 is 6.18 Å². The molecule has 1 atom stereocenters. The normalized spacial score (nSPS) is 17.0. The summed E-state index contributed by atoms with van der Waals surface area (Å²) in [6.07, 6.45) is -0.191. The number of aromatic nitrogens is 1. The minimum absolute atomic E-state index is 0.0518. The van der Waals surface area contributed by atoms with Crippen molar-refractivity contribution in [1.29, 1.82) is 0 Å². The second-order valence-electron chi connectivity index (χ2n) is 6.74. The Morgan fingerprint density at radius 2 is 1.92 bits per heavy atom. The number of hydrogen-bond donors (Lipinski definition) is 2. The molecule has 0 radical (unpaired) electrons. The molecule has 0 spiro atoms. The lowest BCUT2D eigenvalue weighted by molar-refractivity contribution is -0.141. The summed E-state index contributed by atoms with van der Waals surface area (Å²) in [5.74, 6) is -1.22. The highest BCUT2D eigenvalue weighted by Gasteiger charge is 2.40. The SMILES string of the molecule is CC(C)C(NC(=O)CC1CCCC1)c1nc(C(F)(F)F)c(C(N)=O)s1. The minimum atomic E-state index is -4.77. The molecule has 3 N–H and O–H groups in total. The number of halogens is 3. The van der Waals surface area contributed by atoms with E-state index in [-0.39, 0.29) is 16.8 Å². The van der Waals surface area contributed by atoms with Crippen LogP contribution in [0.2, 0.25) is 0 Å². The van der Waals surface area contributed by atoms with E-state index in [4.69, 9.17) is 5.73 Å². The van der Waals surface area contributed by atoms with Crippen molar-refractivity contribution >= 4 is 23.2 Å². The van der Waals surface area contributed by atoms with E-state index in [0.29, 0.717) is 23.7 Å². The average Bonchev–Trinajstić information content (AvgIpc) is 3.12. The van der Waals surface area contributed by atoms with Crippen LogP contribution in [0.5, 0.6) is 0 Å². The predicted octanol–water partition coefficient (Wildman–Crippen LogP) is 3.65. The summed E-state index contributed by atoms with van der Waals surface area (Å²) in [5, 5.41) is 2.83. The van der Waals surface area contributed by atoms with Crippen molar-refractivity contribution in [1.82, 2.24) is 10.3 Å². The molecule has 1 unspecified atom stereocenters. The number of rotatable bonds is 6. The van der Waals surface area contributed by atoms with Gasteiger partial charge in [-0.15, -0.1) is 11.3 Å². The summed E-state index contributed by atoms with van der Waals surface area (Å²) in [6.45, 7) is 3.55. The van der Waals surface area contributed by atoms with Gasteiger partial charge in [-0.3, -0.25) is 9.59 Å². The van der Waals surface area contributed by atoms with Crippen molar-refractivity contribution in [3.63, 3.8) is 0 Å². The number of hydrogen-bond acceptors (Lipinski definition) is 4. The van der Waals surface area contributed by atoms with Crippen LogP contribution in [0.25, 0.3) is 0 Å². The molecule has 0 bridgehead atoms. The molecule has 0 aromatic carbocycles. The standard InChI is InChI=1S/C16H22F3N3O2S/c1-8(2)11(21-10(23)7-9-5-3-4-6-9)15-22-13(16(17,18)19)12(25-15)14(20)24/h8-9,11H,3-7H2,1-2H3,(H2,20,24)(H,21,23). The Hall–Kier alpha value is -1.64. The van der Waals surface area contributed by atoms with Gasteiger partial charge in [0, 0.05) is 6.42 Å². The van der Waals surface area contributed by atoms with Crippen LogP contribution in [0.15, 0.2) is 0 Å². The van der Waals surface area contributed by atoms with Crippen LogP contribution < -0.4 is 11.1 Å². The molecule has 1 aromatic heterocycles. The quantitative estimate of drug-likeness (QED) is 0.793. The Morgan fingerprint density at radius 3 is 2.36 bits per heavy atom. The maximum absolute atomic E-state index is 13.1. The van der Waals surface area contributed by atoms with Crippen molar-refractivity contribution in [3.8, 4) is 0 Å². The summed E-state index contributed by atoms with van der Waals surface area (Å²) in [7, 11) is 0. The highest BCUT2D eigenvalue weighted by Crippen LogP contribution is 2.37. The molecule has 0 saturated heterocycles. The van der Waals surface area contributed by atoms with Gasteiger partial charge in [0.05, 0.1) is 6.04 Å². The number of primary amides is 1. The van der Waals surface area contributed by atoms with Gasteiger partial charge in [-0.1, -0.05) is 26.7 Å². The van der Waals surface area contributed by atoms with Crippen molar-refractivity contribution in [2.75, 3.05) is 0 Å². The number of alkyl halides is 3. The minimum Gasteiger partial charge on any atom is -0.365 e. The molecule has 1 heterocycles. The lowest BCUT2D eigenvalue weighted by atomic mass is 10.0. The topological polar surface area (TPSA) is 85.1 Å². The van der Waals surface area contributed by atoms with Crippen LogP contribution in [-0.2, 0) is 11.0 Å². The first kappa shape index (κ1) is 19.7. The molecule has 2 amide bonds. The Kier molecular flexibility index (Phi) is 6.08. The van der Waals surface area contributed by atoms with Crippen molar-refractivity contribution < 1.29 is 22.8 Å². The molecule has 25 heavy (non-hydrogen) atoms. The zero-order valence-corrected chi connectivity index (χ0v) is 15.0. The van der Waals surface area contributed by atoms with Crippen LogP contribution in [0.4, 0.5) is 13.2 Å². The van der Waals surface area contributed by atoms with Gasteiger partial charge in [-0.05, 0) is 24.7 Å². The van der Waals surface area contributed by atoms with Gasteiger partial charge in [0.1, 0.15) is 9.88 Å². The van der Waals surface area contributed by atoms with Gasteiger partial charge < -0.3 is 11.1 Å². The number of amides is 2. The van der Waals surface area contributed by atoms with Crippen LogP contribution in [0.1, 0.15) is 72.4 Å².